The van der Waals surface area contributed by atoms with E-state index in [1.807, 2.05) is 0 Å². The number of rotatable bonds is 3. The molecule has 0 heterocycles. The molecule has 19 heavy (non-hydrogen) atoms. The molecule has 0 aliphatic carbocycles. The topological polar surface area (TPSA) is 20.2 Å². The third kappa shape index (κ3) is 3.08. The van der Waals surface area contributed by atoms with Crippen molar-refractivity contribution < 1.29 is 18.3 Å². The largest absolute Gasteiger partial charge is 0.388 e. The summed E-state index contributed by atoms with van der Waals surface area (Å²) in [5.74, 6) is -2.18. The van der Waals surface area contributed by atoms with Crippen LogP contribution < -0.4 is 0 Å². The molecule has 1 atom stereocenters. The fraction of sp³-hybridized carbons (Fsp3) is 0.143. The van der Waals surface area contributed by atoms with Crippen molar-refractivity contribution in [2.24, 2.45) is 0 Å². The quantitative estimate of drug-likeness (QED) is 0.903. The summed E-state index contributed by atoms with van der Waals surface area (Å²) in [6, 6.07) is 7.07. The first-order valence-electron chi connectivity index (χ1n) is 5.55. The van der Waals surface area contributed by atoms with Crippen LogP contribution in [0.25, 0.3) is 0 Å². The zero-order chi connectivity index (χ0) is 14.0. The molecule has 1 N–H and O–H groups in total. The normalized spacial score (nSPS) is 12.5. The number of hydrogen-bond acceptors (Lipinski definition) is 1. The SMILES string of the molecule is OC(Cc1cccc(F)c1Cl)c1ccc(F)cc1F. The number of benzene rings is 2. The molecule has 5 heteroatoms. The molecule has 0 amide bonds. The van der Waals surface area contributed by atoms with Crippen molar-refractivity contribution in [2.45, 2.75) is 12.5 Å². The van der Waals surface area contributed by atoms with Gasteiger partial charge >= 0.3 is 0 Å². The van der Waals surface area contributed by atoms with Gasteiger partial charge in [0.05, 0.1) is 11.1 Å². The molecule has 2 rings (SSSR count). The van der Waals surface area contributed by atoms with Crippen molar-refractivity contribution in [3.63, 3.8) is 0 Å². The van der Waals surface area contributed by atoms with Crippen LogP contribution in [-0.4, -0.2) is 5.11 Å². The van der Waals surface area contributed by atoms with E-state index < -0.39 is 23.6 Å². The molecule has 0 spiro atoms. The molecule has 0 aromatic heterocycles. The summed E-state index contributed by atoms with van der Waals surface area (Å²) in [5, 5.41) is 9.81. The molecule has 0 fully saturated rings. The molecule has 0 aliphatic heterocycles. The highest BCUT2D eigenvalue weighted by Crippen LogP contribution is 2.27. The monoisotopic (exact) mass is 286 g/mol. The second-order valence-electron chi connectivity index (χ2n) is 4.10. The average molecular weight is 287 g/mol. The van der Waals surface area contributed by atoms with E-state index in [1.165, 1.54) is 18.2 Å². The molecule has 1 unspecified atom stereocenters. The molecular formula is C14H10ClF3O. The molecule has 0 bridgehead atoms. The Hall–Kier alpha value is -1.52. The molecule has 1 nitrogen and oxygen atoms in total. The van der Waals surface area contributed by atoms with Gasteiger partial charge in [-0.3, -0.25) is 0 Å². The van der Waals surface area contributed by atoms with Crippen molar-refractivity contribution in [3.8, 4) is 0 Å². The van der Waals surface area contributed by atoms with E-state index in [1.54, 1.807) is 0 Å². The fourth-order valence-corrected chi connectivity index (χ4v) is 2.00. The third-order valence-corrected chi connectivity index (χ3v) is 3.19. The van der Waals surface area contributed by atoms with Crippen LogP contribution in [0.4, 0.5) is 13.2 Å². The van der Waals surface area contributed by atoms with Crippen molar-refractivity contribution in [3.05, 3.63) is 70.0 Å². The van der Waals surface area contributed by atoms with Crippen molar-refractivity contribution in [2.75, 3.05) is 0 Å². The van der Waals surface area contributed by atoms with Crippen LogP contribution in [-0.2, 0) is 6.42 Å². The number of halogens is 4. The highest BCUT2D eigenvalue weighted by Gasteiger charge is 2.16. The molecule has 0 radical (unpaired) electrons. The first kappa shape index (κ1) is 13.9. The zero-order valence-corrected chi connectivity index (χ0v) is 10.5. The van der Waals surface area contributed by atoms with Gasteiger partial charge in [-0.1, -0.05) is 29.8 Å². The van der Waals surface area contributed by atoms with E-state index in [0.29, 0.717) is 11.6 Å². The van der Waals surface area contributed by atoms with Gasteiger partial charge in [0.1, 0.15) is 17.5 Å². The number of hydrogen-bond donors (Lipinski definition) is 1. The second-order valence-corrected chi connectivity index (χ2v) is 4.48. The highest BCUT2D eigenvalue weighted by atomic mass is 35.5. The molecule has 0 saturated carbocycles. The first-order valence-corrected chi connectivity index (χ1v) is 5.92. The van der Waals surface area contributed by atoms with E-state index in [0.717, 1.165) is 12.1 Å². The zero-order valence-electron chi connectivity index (χ0n) is 9.71. The summed E-state index contributed by atoms with van der Waals surface area (Å²) >= 11 is 5.75. The number of aliphatic hydroxyl groups is 1. The summed E-state index contributed by atoms with van der Waals surface area (Å²) in [6.45, 7) is 0. The van der Waals surface area contributed by atoms with Crippen LogP contribution in [0.3, 0.4) is 0 Å². The van der Waals surface area contributed by atoms with Gasteiger partial charge in [0.25, 0.3) is 0 Å². The Kier molecular flexibility index (Phi) is 4.12. The molecule has 100 valence electrons. The average Bonchev–Trinajstić information content (AvgIpc) is 2.34. The lowest BCUT2D eigenvalue weighted by atomic mass is 10.0. The van der Waals surface area contributed by atoms with Gasteiger partial charge < -0.3 is 5.11 Å². The summed E-state index contributed by atoms with van der Waals surface area (Å²) in [6.07, 6.45) is -1.28. The van der Waals surface area contributed by atoms with E-state index >= 15 is 0 Å². The molecular weight excluding hydrogens is 277 g/mol. The maximum atomic E-state index is 13.5. The summed E-state index contributed by atoms with van der Waals surface area (Å²) < 4.78 is 39.5. The van der Waals surface area contributed by atoms with Crippen LogP contribution in [0.2, 0.25) is 5.02 Å². The van der Waals surface area contributed by atoms with Gasteiger partial charge in [0.15, 0.2) is 0 Å². The Morgan fingerprint density at radius 3 is 2.47 bits per heavy atom. The third-order valence-electron chi connectivity index (χ3n) is 2.77. The maximum Gasteiger partial charge on any atom is 0.142 e. The van der Waals surface area contributed by atoms with Gasteiger partial charge in [-0.05, 0) is 17.7 Å². The van der Waals surface area contributed by atoms with E-state index in [-0.39, 0.29) is 17.0 Å². The Morgan fingerprint density at radius 2 is 1.79 bits per heavy atom. The lowest BCUT2D eigenvalue weighted by Crippen LogP contribution is -2.05. The molecule has 0 saturated heterocycles. The Balaban J connectivity index is 2.25. The minimum atomic E-state index is -1.22. The minimum absolute atomic E-state index is 0.0540. The minimum Gasteiger partial charge on any atom is -0.388 e. The predicted molar refractivity (Wildman–Crippen MR) is 66.4 cm³/mol. The van der Waals surface area contributed by atoms with Crippen molar-refractivity contribution in [1.82, 2.24) is 0 Å². The van der Waals surface area contributed by atoms with E-state index in [9.17, 15) is 18.3 Å². The smallest absolute Gasteiger partial charge is 0.142 e. The lowest BCUT2D eigenvalue weighted by molar-refractivity contribution is 0.173. The van der Waals surface area contributed by atoms with Crippen LogP contribution in [0.5, 0.6) is 0 Å². The van der Waals surface area contributed by atoms with Crippen LogP contribution in [0, 0.1) is 17.5 Å². The second kappa shape index (κ2) is 5.63. The number of aliphatic hydroxyl groups excluding tert-OH is 1. The van der Waals surface area contributed by atoms with Crippen LogP contribution >= 0.6 is 11.6 Å². The Bertz CT molecular complexity index is 601. The van der Waals surface area contributed by atoms with Crippen molar-refractivity contribution >= 4 is 11.6 Å². The van der Waals surface area contributed by atoms with Gasteiger partial charge in [-0.15, -0.1) is 0 Å². The maximum absolute atomic E-state index is 13.5. The predicted octanol–water partition coefficient (Wildman–Crippen LogP) is 4.03. The Labute approximate surface area is 113 Å². The lowest BCUT2D eigenvalue weighted by Gasteiger charge is -2.13. The Morgan fingerprint density at radius 1 is 1.05 bits per heavy atom. The van der Waals surface area contributed by atoms with Gasteiger partial charge in [0, 0.05) is 18.1 Å². The van der Waals surface area contributed by atoms with E-state index in [4.69, 9.17) is 11.6 Å². The van der Waals surface area contributed by atoms with Crippen molar-refractivity contribution in [1.29, 1.82) is 0 Å². The van der Waals surface area contributed by atoms with Crippen LogP contribution in [0.1, 0.15) is 17.2 Å². The summed E-state index contributed by atoms with van der Waals surface area (Å²) in [4.78, 5) is 0. The first-order chi connectivity index (χ1) is 8.99. The fourth-order valence-electron chi connectivity index (χ4n) is 1.80. The van der Waals surface area contributed by atoms with Gasteiger partial charge in [0.2, 0.25) is 0 Å². The summed E-state index contributed by atoms with van der Waals surface area (Å²) in [5.41, 5.74) is 0.305. The standard InChI is InChI=1S/C14H10ClF3O/c15-14-8(2-1-3-11(14)17)6-13(19)10-5-4-9(16)7-12(10)18/h1-5,7,13,19H,6H2. The molecule has 2 aromatic rings. The highest BCUT2D eigenvalue weighted by molar-refractivity contribution is 6.31. The summed E-state index contributed by atoms with van der Waals surface area (Å²) in [7, 11) is 0. The van der Waals surface area contributed by atoms with Gasteiger partial charge in [-0.25, -0.2) is 13.2 Å². The van der Waals surface area contributed by atoms with Crippen LogP contribution in [0.15, 0.2) is 36.4 Å². The molecule has 2 aromatic carbocycles. The van der Waals surface area contributed by atoms with Gasteiger partial charge in [-0.2, -0.15) is 0 Å². The van der Waals surface area contributed by atoms with E-state index in [2.05, 4.69) is 0 Å². The molecule has 0 aliphatic rings.